The molecule has 0 atom stereocenters. The molecule has 214 valence electrons. The number of nitrogens with zero attached hydrogens (tertiary/aromatic N) is 2. The summed E-state index contributed by atoms with van der Waals surface area (Å²) in [4.78, 5) is 15.6. The van der Waals surface area contributed by atoms with Gasteiger partial charge in [-0.1, -0.05) is 59.4 Å². The molecule has 6 heteroatoms. The molecule has 0 radical (unpaired) electrons. The van der Waals surface area contributed by atoms with E-state index in [1.165, 1.54) is 17.0 Å². The van der Waals surface area contributed by atoms with Gasteiger partial charge < -0.3 is 15.7 Å². The van der Waals surface area contributed by atoms with E-state index in [0.29, 0.717) is 18.1 Å². The van der Waals surface area contributed by atoms with Crippen molar-refractivity contribution in [1.82, 2.24) is 4.90 Å². The van der Waals surface area contributed by atoms with Gasteiger partial charge in [0.15, 0.2) is 0 Å². The van der Waals surface area contributed by atoms with Crippen LogP contribution < -0.4 is 16.2 Å². The van der Waals surface area contributed by atoms with Crippen LogP contribution in [0.15, 0.2) is 47.7 Å². The number of hydrogen-bond donors (Lipinski definition) is 2. The van der Waals surface area contributed by atoms with Crippen LogP contribution in [0.1, 0.15) is 73.6 Å². The Bertz CT molecular complexity index is 1240. The van der Waals surface area contributed by atoms with E-state index in [1.54, 1.807) is 6.92 Å². The molecule has 0 saturated carbocycles. The minimum absolute atomic E-state index is 0.00326. The number of carbonyl (C=O) groups is 1. The first-order valence-electron chi connectivity index (χ1n) is 13.7. The van der Waals surface area contributed by atoms with Crippen LogP contribution in [0.2, 0.25) is 0 Å². The van der Waals surface area contributed by atoms with Crippen LogP contribution in [-0.2, 0) is 4.79 Å². The Morgan fingerprint density at radius 3 is 2.13 bits per heavy atom. The number of carbonyl (C=O) groups excluding carboxylic acids is 1. The molecule has 1 aromatic carbocycles. The molecule has 2 aromatic rings. The maximum atomic E-state index is 11.4. The second-order valence-corrected chi connectivity index (χ2v) is 11.3. The summed E-state index contributed by atoms with van der Waals surface area (Å²) in [7, 11) is 0. The smallest absolute Gasteiger partial charge is 0.259 e. The van der Waals surface area contributed by atoms with Crippen molar-refractivity contribution >= 4 is 35.5 Å². The quantitative estimate of drug-likeness (QED) is 0.282. The second-order valence-electron chi connectivity index (χ2n) is 10.2. The molecule has 0 aliphatic rings. The molecule has 3 N–H and O–H groups in total. The van der Waals surface area contributed by atoms with Crippen LogP contribution in [0.25, 0.3) is 28.7 Å². The predicted octanol–water partition coefficient (Wildman–Crippen LogP) is 6.32. The van der Waals surface area contributed by atoms with Crippen molar-refractivity contribution in [3.63, 3.8) is 0 Å². The van der Waals surface area contributed by atoms with Gasteiger partial charge in [-0.25, -0.2) is 0 Å². The molecular weight excluding hydrogens is 502 g/mol. The standard InChI is InChI=1S/C24H27N3OS.C5H12O.C4H10/c1-6-20(27(7-2)8-3)14-18-9-10-19(13-16(18)4)23-12-11-22(29-23)17(5)21(15-25)24(26)28;1-5(2)3-4-6;1-4(2)3/h6,9-14H,4,7-8H2,1-3,5H3,(H2,26,28);5-6H,3-4H2,1-2H3;4H,1-3H3/b18-14-,20-6+,21-17+;;. The number of nitriles is 1. The van der Waals surface area contributed by atoms with Crippen molar-refractivity contribution in [2.45, 2.75) is 68.7 Å². The van der Waals surface area contributed by atoms with Crippen LogP contribution in [0.3, 0.4) is 0 Å². The number of rotatable bonds is 9. The number of aliphatic hydroxyl groups is 1. The molecule has 0 fully saturated rings. The molecule has 0 bridgehead atoms. The van der Waals surface area contributed by atoms with Gasteiger partial charge in [-0.2, -0.15) is 5.26 Å². The predicted molar refractivity (Wildman–Crippen MR) is 170 cm³/mol. The Morgan fingerprint density at radius 1 is 1.15 bits per heavy atom. The van der Waals surface area contributed by atoms with Crippen molar-refractivity contribution in [2.24, 2.45) is 17.6 Å². The molecule has 1 heterocycles. The van der Waals surface area contributed by atoms with Crippen molar-refractivity contribution in [1.29, 1.82) is 5.26 Å². The highest BCUT2D eigenvalue weighted by Crippen LogP contribution is 2.32. The van der Waals surface area contributed by atoms with Crippen LogP contribution in [0.5, 0.6) is 0 Å². The van der Waals surface area contributed by atoms with E-state index in [-0.39, 0.29) is 5.57 Å². The first kappa shape index (κ1) is 35.9. The summed E-state index contributed by atoms with van der Waals surface area (Å²) in [5, 5.41) is 19.4. The third-order valence-corrected chi connectivity index (χ3v) is 6.82. The monoisotopic (exact) mass is 551 g/mol. The average molecular weight is 552 g/mol. The fraction of sp³-hybridized carbons (Fsp3) is 0.455. The number of allylic oxidation sites excluding steroid dienone is 3. The number of hydrogen-bond acceptors (Lipinski definition) is 5. The minimum atomic E-state index is -0.701. The lowest BCUT2D eigenvalue weighted by Crippen LogP contribution is -2.27. The second kappa shape index (κ2) is 19.0. The zero-order chi connectivity index (χ0) is 30.1. The summed E-state index contributed by atoms with van der Waals surface area (Å²) in [5.74, 6) is 0.780. The Hall–Kier alpha value is -3.14. The molecule has 5 nitrogen and oxygen atoms in total. The van der Waals surface area contributed by atoms with Gasteiger partial charge in [-0.3, -0.25) is 4.79 Å². The van der Waals surface area contributed by atoms with Crippen LogP contribution in [-0.4, -0.2) is 35.6 Å². The van der Waals surface area contributed by atoms with E-state index in [9.17, 15) is 4.79 Å². The Kier molecular flexibility index (Phi) is 17.5. The molecule has 0 unspecified atom stereocenters. The van der Waals surface area contributed by atoms with Gasteiger partial charge in [0.2, 0.25) is 0 Å². The SMILES string of the molecule is C=c1cc(-c2ccc(/C(C)=C(\C#N)C(N)=O)s2)cc/c1=C/C(=C\C)N(CC)CC.CC(C)C.CC(C)CCO. The van der Waals surface area contributed by atoms with E-state index in [4.69, 9.17) is 16.1 Å². The van der Waals surface area contributed by atoms with Crippen LogP contribution >= 0.6 is 11.3 Å². The molecule has 0 aliphatic carbocycles. The topological polar surface area (TPSA) is 90.3 Å². The van der Waals surface area contributed by atoms with Gasteiger partial charge in [0.25, 0.3) is 5.91 Å². The lowest BCUT2D eigenvalue weighted by molar-refractivity contribution is -0.114. The fourth-order valence-corrected chi connectivity index (χ4v) is 4.41. The van der Waals surface area contributed by atoms with E-state index < -0.39 is 5.91 Å². The number of nitrogens with two attached hydrogens (primary N) is 1. The van der Waals surface area contributed by atoms with Gasteiger partial charge in [-0.15, -0.1) is 11.3 Å². The summed E-state index contributed by atoms with van der Waals surface area (Å²) in [6, 6.07) is 12.0. The number of amides is 1. The van der Waals surface area contributed by atoms with Crippen molar-refractivity contribution in [3.8, 4) is 16.5 Å². The third kappa shape index (κ3) is 13.0. The minimum Gasteiger partial charge on any atom is -0.396 e. The van der Waals surface area contributed by atoms with E-state index in [1.807, 2.05) is 25.1 Å². The highest BCUT2D eigenvalue weighted by Gasteiger charge is 2.13. The lowest BCUT2D eigenvalue weighted by Gasteiger charge is -2.21. The molecule has 2 rings (SSSR count). The normalized spacial score (nSPS) is 12.2. The number of benzene rings is 1. The number of thiophene rings is 1. The Balaban J connectivity index is 0.00000123. The summed E-state index contributed by atoms with van der Waals surface area (Å²) in [6.07, 6.45) is 5.21. The van der Waals surface area contributed by atoms with Crippen molar-refractivity contribution < 1.29 is 9.90 Å². The number of aliphatic hydroxyl groups excluding tert-OH is 1. The van der Waals surface area contributed by atoms with Crippen molar-refractivity contribution in [3.05, 3.63) is 63.0 Å². The lowest BCUT2D eigenvalue weighted by atomic mass is 10.1. The van der Waals surface area contributed by atoms with Gasteiger partial charge in [0, 0.05) is 35.1 Å². The maximum Gasteiger partial charge on any atom is 0.259 e. The summed E-state index contributed by atoms with van der Waals surface area (Å²) in [6.45, 7) is 25.2. The molecule has 0 spiro atoms. The highest BCUT2D eigenvalue weighted by molar-refractivity contribution is 7.16. The molecule has 1 amide bonds. The average Bonchev–Trinajstić information content (AvgIpc) is 3.35. The van der Waals surface area contributed by atoms with Gasteiger partial charge in [-0.05, 0) is 91.8 Å². The van der Waals surface area contributed by atoms with Crippen molar-refractivity contribution in [2.75, 3.05) is 19.7 Å². The summed E-state index contributed by atoms with van der Waals surface area (Å²) in [5.41, 5.74) is 8.14. The van der Waals surface area contributed by atoms with Gasteiger partial charge in [0.1, 0.15) is 11.6 Å². The maximum absolute atomic E-state index is 11.4. The zero-order valence-electron chi connectivity index (χ0n) is 25.5. The third-order valence-electron chi connectivity index (χ3n) is 5.57. The Morgan fingerprint density at radius 2 is 1.74 bits per heavy atom. The molecular formula is C33H49N3O2S. The van der Waals surface area contributed by atoms with Gasteiger partial charge >= 0.3 is 0 Å². The van der Waals surface area contributed by atoms with Gasteiger partial charge in [0.05, 0.1) is 0 Å². The van der Waals surface area contributed by atoms with E-state index in [2.05, 4.69) is 90.3 Å². The molecule has 0 aliphatic heterocycles. The van der Waals surface area contributed by atoms with Crippen LogP contribution in [0.4, 0.5) is 0 Å². The highest BCUT2D eigenvalue weighted by atomic mass is 32.1. The molecule has 0 saturated heterocycles. The van der Waals surface area contributed by atoms with E-state index >= 15 is 0 Å². The number of primary amides is 1. The first-order valence-corrected chi connectivity index (χ1v) is 14.5. The molecule has 39 heavy (non-hydrogen) atoms. The first-order chi connectivity index (χ1) is 18.4. The van der Waals surface area contributed by atoms with Crippen LogP contribution in [0, 0.1) is 23.2 Å². The molecule has 1 aromatic heterocycles. The fourth-order valence-electron chi connectivity index (χ4n) is 3.40. The largest absolute Gasteiger partial charge is 0.396 e. The summed E-state index contributed by atoms with van der Waals surface area (Å²) >= 11 is 1.53. The summed E-state index contributed by atoms with van der Waals surface area (Å²) < 4.78 is 0. The zero-order valence-corrected chi connectivity index (χ0v) is 26.3. The Labute approximate surface area is 240 Å². The van der Waals surface area contributed by atoms with E-state index in [0.717, 1.165) is 51.2 Å².